The molecule has 0 amide bonds. The molecule has 0 aromatic carbocycles. The number of hydrogen-bond acceptors (Lipinski definition) is 1. The number of hydrogen-bond donors (Lipinski definition) is 1. The maximum absolute atomic E-state index is 13.4. The highest BCUT2D eigenvalue weighted by Gasteiger charge is 2.04. The maximum Gasteiger partial charge on any atom is 0.130 e. The van der Waals surface area contributed by atoms with E-state index in [4.69, 9.17) is 5.73 Å². The first-order valence-corrected chi connectivity index (χ1v) is 4.07. The Morgan fingerprint density at radius 3 is 2.42 bits per heavy atom. The van der Waals surface area contributed by atoms with E-state index < -0.39 is 0 Å². The number of rotatable bonds is 4. The van der Waals surface area contributed by atoms with Gasteiger partial charge < -0.3 is 5.73 Å². The van der Waals surface area contributed by atoms with Crippen LogP contribution >= 0.6 is 0 Å². The van der Waals surface area contributed by atoms with E-state index in [1.54, 1.807) is 6.08 Å². The van der Waals surface area contributed by atoms with E-state index in [2.05, 4.69) is 6.58 Å². The summed E-state index contributed by atoms with van der Waals surface area (Å²) in [4.78, 5) is 0. The molecular formula is C10H16FN. The molecule has 0 saturated carbocycles. The predicted octanol–water partition coefficient (Wildman–Crippen LogP) is 2.71. The average Bonchev–Trinajstić information content (AvgIpc) is 2.09. The third-order valence-corrected chi connectivity index (χ3v) is 1.76. The Kier molecular flexibility index (Phi) is 5.30. The topological polar surface area (TPSA) is 26.0 Å². The second-order valence-electron chi connectivity index (χ2n) is 2.41. The molecule has 12 heavy (non-hydrogen) atoms. The third kappa shape index (κ3) is 2.62. The Morgan fingerprint density at radius 1 is 1.58 bits per heavy atom. The van der Waals surface area contributed by atoms with Gasteiger partial charge >= 0.3 is 0 Å². The summed E-state index contributed by atoms with van der Waals surface area (Å²) < 4.78 is 13.4. The molecule has 0 atom stereocenters. The van der Waals surface area contributed by atoms with Gasteiger partial charge in [0.25, 0.3) is 0 Å². The van der Waals surface area contributed by atoms with E-state index in [1.807, 2.05) is 13.8 Å². The van der Waals surface area contributed by atoms with Crippen LogP contribution in [0.25, 0.3) is 0 Å². The number of allylic oxidation sites excluding steroid dienone is 3. The minimum absolute atomic E-state index is 0.201. The summed E-state index contributed by atoms with van der Waals surface area (Å²) in [5.74, 6) is -0.225. The van der Waals surface area contributed by atoms with Gasteiger partial charge in [0.1, 0.15) is 5.83 Å². The molecule has 0 bridgehead atoms. The van der Waals surface area contributed by atoms with Crippen molar-refractivity contribution in [2.75, 3.05) is 6.54 Å². The van der Waals surface area contributed by atoms with Gasteiger partial charge in [-0.1, -0.05) is 25.7 Å². The first kappa shape index (κ1) is 11.1. The van der Waals surface area contributed by atoms with Gasteiger partial charge in [0.2, 0.25) is 0 Å². The highest BCUT2D eigenvalue weighted by molar-refractivity contribution is 5.35. The van der Waals surface area contributed by atoms with Crippen molar-refractivity contribution in [2.24, 2.45) is 5.73 Å². The molecule has 0 aromatic rings. The fourth-order valence-corrected chi connectivity index (χ4v) is 0.955. The van der Waals surface area contributed by atoms with Crippen LogP contribution in [-0.4, -0.2) is 6.54 Å². The van der Waals surface area contributed by atoms with Gasteiger partial charge in [-0.25, -0.2) is 4.39 Å². The summed E-state index contributed by atoms with van der Waals surface area (Å²) in [7, 11) is 0. The molecule has 0 unspecified atom stereocenters. The maximum atomic E-state index is 13.4. The van der Waals surface area contributed by atoms with Crippen molar-refractivity contribution in [3.8, 4) is 0 Å². The Bertz CT molecular complexity index is 214. The molecule has 0 spiro atoms. The van der Waals surface area contributed by atoms with Crippen LogP contribution in [0, 0.1) is 0 Å². The summed E-state index contributed by atoms with van der Waals surface area (Å²) in [6.07, 6.45) is 3.91. The Hall–Kier alpha value is -0.890. The SMILES string of the molecule is C=C/C(CN)=C(F)\C(=C/C)CC. The van der Waals surface area contributed by atoms with Gasteiger partial charge in [0, 0.05) is 12.1 Å². The number of nitrogens with two attached hydrogens (primary N) is 1. The van der Waals surface area contributed by atoms with Crippen molar-refractivity contribution in [1.29, 1.82) is 0 Å². The zero-order chi connectivity index (χ0) is 9.56. The van der Waals surface area contributed by atoms with Crippen LogP contribution in [0.1, 0.15) is 20.3 Å². The van der Waals surface area contributed by atoms with Crippen LogP contribution in [0.2, 0.25) is 0 Å². The van der Waals surface area contributed by atoms with Crippen LogP contribution in [0.5, 0.6) is 0 Å². The molecule has 0 aliphatic carbocycles. The molecule has 1 nitrogen and oxygen atoms in total. The highest BCUT2D eigenvalue weighted by Crippen LogP contribution is 2.19. The third-order valence-electron chi connectivity index (χ3n) is 1.76. The van der Waals surface area contributed by atoms with Gasteiger partial charge in [0.15, 0.2) is 0 Å². The molecule has 0 radical (unpaired) electrons. The summed E-state index contributed by atoms with van der Waals surface area (Å²) in [5, 5.41) is 0. The lowest BCUT2D eigenvalue weighted by Crippen LogP contribution is -2.03. The predicted molar refractivity (Wildman–Crippen MR) is 51.4 cm³/mol. The Labute approximate surface area is 73.5 Å². The van der Waals surface area contributed by atoms with Crippen molar-refractivity contribution in [2.45, 2.75) is 20.3 Å². The molecule has 68 valence electrons. The normalized spacial score (nSPS) is 14.2. The molecule has 2 heteroatoms. The fraction of sp³-hybridized carbons (Fsp3) is 0.400. The van der Waals surface area contributed by atoms with Crippen molar-refractivity contribution < 1.29 is 4.39 Å². The lowest BCUT2D eigenvalue weighted by molar-refractivity contribution is 0.631. The van der Waals surface area contributed by atoms with Gasteiger partial charge in [-0.05, 0) is 18.9 Å². The van der Waals surface area contributed by atoms with Crippen LogP contribution < -0.4 is 5.73 Å². The Balaban J connectivity index is 4.84. The second-order valence-corrected chi connectivity index (χ2v) is 2.41. The molecular weight excluding hydrogens is 153 g/mol. The summed E-state index contributed by atoms with van der Waals surface area (Å²) in [6, 6.07) is 0. The standard InChI is InChI=1S/C10H16FN/c1-4-8(5-2)10(11)9(6-3)7-12/h4,6H,3,5,7,12H2,1-2H3/b8-4-,10-9-. The van der Waals surface area contributed by atoms with Crippen LogP contribution in [0.3, 0.4) is 0 Å². The van der Waals surface area contributed by atoms with Crippen LogP contribution in [0.4, 0.5) is 4.39 Å². The molecule has 2 N–H and O–H groups in total. The first-order chi connectivity index (χ1) is 5.71. The highest BCUT2D eigenvalue weighted by atomic mass is 19.1. The monoisotopic (exact) mass is 169 g/mol. The zero-order valence-electron chi connectivity index (χ0n) is 7.73. The molecule has 0 aliphatic heterocycles. The van der Waals surface area contributed by atoms with E-state index in [-0.39, 0.29) is 12.4 Å². The Morgan fingerprint density at radius 2 is 2.17 bits per heavy atom. The van der Waals surface area contributed by atoms with Crippen molar-refractivity contribution in [3.05, 3.63) is 35.7 Å². The van der Waals surface area contributed by atoms with E-state index in [9.17, 15) is 4.39 Å². The van der Waals surface area contributed by atoms with Gasteiger partial charge in [-0.3, -0.25) is 0 Å². The van der Waals surface area contributed by atoms with Gasteiger partial charge in [-0.15, -0.1) is 0 Å². The largest absolute Gasteiger partial charge is 0.326 e. The first-order valence-electron chi connectivity index (χ1n) is 4.07. The lowest BCUT2D eigenvalue weighted by Gasteiger charge is -2.04. The van der Waals surface area contributed by atoms with E-state index in [1.165, 1.54) is 6.08 Å². The van der Waals surface area contributed by atoms with E-state index >= 15 is 0 Å². The molecule has 0 saturated heterocycles. The van der Waals surface area contributed by atoms with Gasteiger partial charge in [0.05, 0.1) is 0 Å². The minimum atomic E-state index is -0.225. The fourth-order valence-electron chi connectivity index (χ4n) is 0.955. The zero-order valence-corrected chi connectivity index (χ0v) is 7.73. The lowest BCUT2D eigenvalue weighted by atomic mass is 10.1. The van der Waals surface area contributed by atoms with Gasteiger partial charge in [-0.2, -0.15) is 0 Å². The molecule has 0 aliphatic rings. The smallest absolute Gasteiger partial charge is 0.130 e. The number of halogens is 1. The second kappa shape index (κ2) is 5.72. The molecule has 0 fully saturated rings. The van der Waals surface area contributed by atoms with Crippen molar-refractivity contribution >= 4 is 0 Å². The summed E-state index contributed by atoms with van der Waals surface area (Å²) in [5.41, 5.74) is 6.50. The van der Waals surface area contributed by atoms with Crippen LogP contribution in [0.15, 0.2) is 35.7 Å². The van der Waals surface area contributed by atoms with Crippen molar-refractivity contribution in [1.82, 2.24) is 0 Å². The summed E-state index contributed by atoms with van der Waals surface area (Å²) >= 11 is 0. The summed E-state index contributed by atoms with van der Waals surface area (Å²) in [6.45, 7) is 7.42. The minimum Gasteiger partial charge on any atom is -0.326 e. The van der Waals surface area contributed by atoms with Crippen molar-refractivity contribution in [3.63, 3.8) is 0 Å². The average molecular weight is 169 g/mol. The van der Waals surface area contributed by atoms with E-state index in [0.29, 0.717) is 17.6 Å². The molecule has 0 heterocycles. The quantitative estimate of drug-likeness (QED) is 0.643. The molecule has 0 aromatic heterocycles. The van der Waals surface area contributed by atoms with Crippen LogP contribution in [-0.2, 0) is 0 Å². The van der Waals surface area contributed by atoms with E-state index in [0.717, 1.165) is 0 Å². The molecule has 0 rings (SSSR count).